The lowest BCUT2D eigenvalue weighted by Gasteiger charge is -2.13. The number of aromatic nitrogens is 2. The molecule has 0 saturated carbocycles. The maximum absolute atomic E-state index is 14.0. The lowest BCUT2D eigenvalue weighted by atomic mass is 10.1. The van der Waals surface area contributed by atoms with Crippen LogP contribution >= 0.6 is 12.2 Å². The van der Waals surface area contributed by atoms with Gasteiger partial charge in [-0.2, -0.15) is 18.3 Å². The summed E-state index contributed by atoms with van der Waals surface area (Å²) < 4.78 is 108. The molecular weight excluding hydrogens is 480 g/mol. The molecule has 0 bridgehead atoms. The van der Waals surface area contributed by atoms with Crippen molar-refractivity contribution in [3.63, 3.8) is 0 Å². The minimum absolute atomic E-state index is 0.0476. The molecule has 0 radical (unpaired) electrons. The van der Waals surface area contributed by atoms with Crippen molar-refractivity contribution in [3.05, 3.63) is 75.9 Å². The quantitative estimate of drug-likeness (QED) is 0.200. The van der Waals surface area contributed by atoms with Gasteiger partial charge in [0, 0.05) is 5.69 Å². The highest BCUT2D eigenvalue weighted by Crippen LogP contribution is 2.31. The van der Waals surface area contributed by atoms with Crippen molar-refractivity contribution in [2.45, 2.75) is 26.6 Å². The van der Waals surface area contributed by atoms with Crippen LogP contribution in [0.1, 0.15) is 22.5 Å². The number of nitrogens with zero attached hydrogens (tertiary/aromatic N) is 2. The average molecular weight is 494 g/mol. The molecule has 3 rings (SSSR count). The third-order valence-corrected chi connectivity index (χ3v) is 4.88. The Kier molecular flexibility index (Phi) is 6.63. The predicted octanol–water partition coefficient (Wildman–Crippen LogP) is 6.07. The lowest BCUT2D eigenvalue weighted by Crippen LogP contribution is -2.20. The van der Waals surface area contributed by atoms with E-state index in [4.69, 9.17) is 12.2 Å². The molecule has 0 aliphatic rings. The molecule has 176 valence electrons. The van der Waals surface area contributed by atoms with Crippen LogP contribution in [0.15, 0.2) is 24.3 Å². The first kappa shape index (κ1) is 24.4. The summed E-state index contributed by atoms with van der Waals surface area (Å²) in [5.74, 6) is -10.4. The Morgan fingerprint density at radius 3 is 2.09 bits per heavy atom. The molecule has 0 saturated heterocycles. The van der Waals surface area contributed by atoms with Gasteiger partial charge in [-0.1, -0.05) is 6.07 Å². The van der Waals surface area contributed by atoms with Gasteiger partial charge in [0.2, 0.25) is 5.82 Å². The van der Waals surface area contributed by atoms with Gasteiger partial charge in [0.25, 0.3) is 0 Å². The molecule has 0 aliphatic carbocycles. The zero-order valence-electron chi connectivity index (χ0n) is 16.8. The zero-order valence-corrected chi connectivity index (χ0v) is 17.7. The molecule has 13 heteroatoms. The van der Waals surface area contributed by atoms with E-state index in [2.05, 4.69) is 15.7 Å². The first-order valence-electron chi connectivity index (χ1n) is 9.10. The van der Waals surface area contributed by atoms with Crippen LogP contribution in [0.3, 0.4) is 0 Å². The lowest BCUT2D eigenvalue weighted by molar-refractivity contribution is -0.137. The molecule has 0 atom stereocenters. The van der Waals surface area contributed by atoms with Crippen LogP contribution in [0.4, 0.5) is 46.5 Å². The molecule has 33 heavy (non-hydrogen) atoms. The third kappa shape index (κ3) is 4.92. The van der Waals surface area contributed by atoms with Gasteiger partial charge in [0.05, 0.1) is 34.7 Å². The molecule has 0 aliphatic heterocycles. The van der Waals surface area contributed by atoms with Crippen molar-refractivity contribution in [2.24, 2.45) is 0 Å². The zero-order chi connectivity index (χ0) is 24.7. The van der Waals surface area contributed by atoms with Crippen LogP contribution in [-0.2, 0) is 12.7 Å². The number of anilines is 2. The number of halogens is 8. The van der Waals surface area contributed by atoms with Crippen LogP contribution < -0.4 is 10.6 Å². The Morgan fingerprint density at radius 2 is 1.52 bits per heavy atom. The highest BCUT2D eigenvalue weighted by molar-refractivity contribution is 7.80. The maximum Gasteiger partial charge on any atom is 0.416 e. The second kappa shape index (κ2) is 8.96. The topological polar surface area (TPSA) is 41.9 Å². The number of hydrogen-bond donors (Lipinski definition) is 2. The Morgan fingerprint density at radius 1 is 0.939 bits per heavy atom. The van der Waals surface area contributed by atoms with Gasteiger partial charge in [-0.15, -0.1) is 0 Å². The summed E-state index contributed by atoms with van der Waals surface area (Å²) >= 11 is 5.10. The largest absolute Gasteiger partial charge is 0.416 e. The van der Waals surface area contributed by atoms with Gasteiger partial charge in [-0.3, -0.25) is 4.68 Å². The van der Waals surface area contributed by atoms with E-state index in [1.807, 2.05) is 0 Å². The summed E-state index contributed by atoms with van der Waals surface area (Å²) in [6, 6.07) is 4.28. The normalized spacial score (nSPS) is 11.6. The van der Waals surface area contributed by atoms with Crippen molar-refractivity contribution in [2.75, 3.05) is 10.6 Å². The summed E-state index contributed by atoms with van der Waals surface area (Å²) in [5, 5.41) is 9.20. The van der Waals surface area contributed by atoms with E-state index in [0.29, 0.717) is 0 Å². The molecule has 0 fully saturated rings. The Bertz CT molecular complexity index is 1210. The fraction of sp³-hybridized carbons (Fsp3) is 0.200. The van der Waals surface area contributed by atoms with Crippen LogP contribution in [0, 0.1) is 42.9 Å². The van der Waals surface area contributed by atoms with E-state index in [0.717, 1.165) is 16.8 Å². The van der Waals surface area contributed by atoms with Crippen molar-refractivity contribution >= 4 is 28.7 Å². The van der Waals surface area contributed by atoms with E-state index in [1.54, 1.807) is 0 Å². The van der Waals surface area contributed by atoms with Crippen LogP contribution in [0.2, 0.25) is 0 Å². The van der Waals surface area contributed by atoms with Gasteiger partial charge < -0.3 is 10.6 Å². The van der Waals surface area contributed by atoms with Crippen molar-refractivity contribution in [1.29, 1.82) is 0 Å². The molecule has 4 nitrogen and oxygen atoms in total. The fourth-order valence-corrected chi connectivity index (χ4v) is 3.24. The minimum Gasteiger partial charge on any atom is -0.332 e. The van der Waals surface area contributed by atoms with Crippen LogP contribution in [0.5, 0.6) is 0 Å². The second-order valence-electron chi connectivity index (χ2n) is 6.91. The first-order chi connectivity index (χ1) is 15.3. The van der Waals surface area contributed by atoms with Crippen molar-refractivity contribution in [3.8, 4) is 0 Å². The second-order valence-corrected chi connectivity index (χ2v) is 7.32. The minimum atomic E-state index is -4.55. The van der Waals surface area contributed by atoms with Gasteiger partial charge >= 0.3 is 6.18 Å². The highest BCUT2D eigenvalue weighted by atomic mass is 32.1. The van der Waals surface area contributed by atoms with Gasteiger partial charge in [-0.05, 0) is 44.3 Å². The van der Waals surface area contributed by atoms with E-state index < -0.39 is 52.9 Å². The first-order valence-corrected chi connectivity index (χ1v) is 9.51. The predicted molar refractivity (Wildman–Crippen MR) is 108 cm³/mol. The van der Waals surface area contributed by atoms with E-state index in [1.165, 1.54) is 26.0 Å². The summed E-state index contributed by atoms with van der Waals surface area (Å²) in [6.45, 7) is 2.16. The highest BCUT2D eigenvalue weighted by Gasteiger charge is 2.30. The summed E-state index contributed by atoms with van der Waals surface area (Å²) in [6.07, 6.45) is -4.55. The molecule has 0 amide bonds. The van der Waals surface area contributed by atoms with Gasteiger partial charge in [0.1, 0.15) is 0 Å². The smallest absolute Gasteiger partial charge is 0.332 e. The van der Waals surface area contributed by atoms with Crippen LogP contribution in [0.25, 0.3) is 0 Å². The van der Waals surface area contributed by atoms with Crippen molar-refractivity contribution < 1.29 is 35.1 Å². The number of thiocarbonyl (C=S) groups is 1. The fourth-order valence-electron chi connectivity index (χ4n) is 3.02. The Hall–Kier alpha value is -3.22. The SMILES string of the molecule is Cc1nn(Cc2c(F)c(F)c(F)c(F)c2F)c(C)c1NC(=S)Nc1cccc(C(F)(F)F)c1. The summed E-state index contributed by atoms with van der Waals surface area (Å²) in [7, 11) is 0. The monoisotopic (exact) mass is 494 g/mol. The molecule has 2 N–H and O–H groups in total. The molecular formula is C20H14F8N4S. The number of nitrogens with one attached hydrogen (secondary N) is 2. The maximum atomic E-state index is 14.0. The number of alkyl halides is 3. The molecule has 1 aromatic heterocycles. The van der Waals surface area contributed by atoms with Crippen LogP contribution in [-0.4, -0.2) is 14.9 Å². The number of benzene rings is 2. The third-order valence-electron chi connectivity index (χ3n) is 4.68. The molecule has 3 aromatic rings. The molecule has 2 aromatic carbocycles. The van der Waals surface area contributed by atoms with Crippen molar-refractivity contribution in [1.82, 2.24) is 9.78 Å². The Balaban J connectivity index is 1.83. The molecule has 0 spiro atoms. The van der Waals surface area contributed by atoms with E-state index >= 15 is 0 Å². The van der Waals surface area contributed by atoms with Gasteiger partial charge in [0.15, 0.2) is 28.4 Å². The number of aryl methyl sites for hydroxylation is 1. The van der Waals surface area contributed by atoms with E-state index in [9.17, 15) is 35.1 Å². The molecule has 1 heterocycles. The summed E-state index contributed by atoms with van der Waals surface area (Å²) in [5.41, 5.74) is -1.20. The van der Waals surface area contributed by atoms with E-state index in [-0.39, 0.29) is 27.9 Å². The number of rotatable bonds is 4. The molecule has 0 unspecified atom stereocenters. The van der Waals surface area contributed by atoms with Gasteiger partial charge in [-0.25, -0.2) is 22.0 Å². The average Bonchev–Trinajstić information content (AvgIpc) is 3.00. The standard InChI is InChI=1S/C20H14F8N4S/c1-8-18(30-19(33)29-11-5-3-4-10(6-11)20(26,27)28)9(2)32(31-8)7-12-13(21)15(23)17(25)16(24)14(12)22/h3-6H,7H2,1-2H3,(H2,29,30,33). The number of hydrogen-bond acceptors (Lipinski definition) is 2. The summed E-state index contributed by atoms with van der Waals surface area (Å²) in [4.78, 5) is 0. The Labute approximate surface area is 187 Å².